The molecule has 0 atom stereocenters. The highest BCUT2D eigenvalue weighted by Crippen LogP contribution is 1.99. The van der Waals surface area contributed by atoms with E-state index in [1.165, 1.54) is 6.92 Å². The van der Waals surface area contributed by atoms with Gasteiger partial charge >= 0.3 is 5.11 Å². The van der Waals surface area contributed by atoms with Gasteiger partial charge in [-0.2, -0.15) is 10.4 Å². The summed E-state index contributed by atoms with van der Waals surface area (Å²) in [4.78, 5) is -1.71. The molecule has 0 heterocycles. The van der Waals surface area contributed by atoms with Crippen molar-refractivity contribution in [3.8, 4) is 0 Å². The van der Waals surface area contributed by atoms with Crippen LogP contribution in [0.3, 0.4) is 0 Å². The zero-order valence-corrected chi connectivity index (χ0v) is 6.12. The minimum absolute atomic E-state index is 0.170. The summed E-state index contributed by atoms with van der Waals surface area (Å²) in [5.41, 5.74) is 0. The normalized spacial score (nSPS) is 11.3. The Balaban J connectivity index is 4.19. The van der Waals surface area contributed by atoms with Crippen LogP contribution in [0.15, 0.2) is 0 Å². The van der Waals surface area contributed by atoms with Crippen LogP contribution in [0.2, 0.25) is 0 Å². The molecule has 0 aromatic rings. The van der Waals surface area contributed by atoms with Crippen LogP contribution < -0.4 is 0 Å². The first-order valence-corrected chi connectivity index (χ1v) is 2.88. The lowest BCUT2D eigenvalue weighted by molar-refractivity contribution is -1.18. The standard InChI is InChI=1S/C3H9N2O4S/c1-2-5(8,9)3(10)4(6)7/h6-9H,2H2,1H3/q+1. The van der Waals surface area contributed by atoms with Crippen LogP contribution in [-0.4, -0.2) is 42.5 Å². The summed E-state index contributed by atoms with van der Waals surface area (Å²) in [5, 5.41) is 32.6. The fraction of sp³-hybridized carbons (Fsp3) is 0.667. The summed E-state index contributed by atoms with van der Waals surface area (Å²) in [6, 6.07) is 0. The van der Waals surface area contributed by atoms with Gasteiger partial charge in [-0.3, -0.25) is 10.4 Å². The molecular formula is C3H9N2O4S+. The summed E-state index contributed by atoms with van der Waals surface area (Å²) >= 11 is 4.21. The SMILES string of the molecule is CC[N+](O)(O)C(=S)N(O)O. The summed E-state index contributed by atoms with van der Waals surface area (Å²) in [6.07, 6.45) is 0. The van der Waals surface area contributed by atoms with Crippen molar-refractivity contribution < 1.29 is 25.6 Å². The van der Waals surface area contributed by atoms with Crippen LogP contribution in [0.5, 0.6) is 0 Å². The molecule has 0 aliphatic carbocycles. The van der Waals surface area contributed by atoms with Crippen LogP contribution in [-0.2, 0) is 0 Å². The highest BCUT2D eigenvalue weighted by Gasteiger charge is 2.32. The minimum Gasteiger partial charge on any atom is -0.259 e. The highest BCUT2D eigenvalue weighted by atomic mass is 32.1. The fourth-order valence-corrected chi connectivity index (χ4v) is 0.408. The molecule has 0 aliphatic rings. The van der Waals surface area contributed by atoms with Crippen molar-refractivity contribution in [3.05, 3.63) is 0 Å². The number of quaternary nitrogens is 1. The molecule has 0 spiro atoms. The number of rotatable bonds is 1. The van der Waals surface area contributed by atoms with Gasteiger partial charge in [-0.05, 0) is 6.92 Å². The maximum Gasteiger partial charge on any atom is 0.388 e. The Bertz CT molecular complexity index is 136. The predicted molar refractivity (Wildman–Crippen MR) is 32.4 cm³/mol. The first kappa shape index (κ1) is 9.69. The first-order chi connectivity index (χ1) is 4.41. The number of hydroxylamine groups is 6. The lowest BCUT2D eigenvalue weighted by atomic mass is 10.7. The highest BCUT2D eigenvalue weighted by molar-refractivity contribution is 7.79. The van der Waals surface area contributed by atoms with Crippen molar-refractivity contribution in [1.29, 1.82) is 0 Å². The third kappa shape index (κ3) is 2.14. The Morgan fingerprint density at radius 3 is 2.00 bits per heavy atom. The molecule has 0 amide bonds. The van der Waals surface area contributed by atoms with E-state index in [2.05, 4.69) is 12.2 Å². The number of thiocarbonyl (C=S) groups is 1. The molecule has 7 heteroatoms. The molecule has 10 heavy (non-hydrogen) atoms. The van der Waals surface area contributed by atoms with Gasteiger partial charge in [0.2, 0.25) is 0 Å². The van der Waals surface area contributed by atoms with Gasteiger partial charge in [0.05, 0.1) is 0 Å². The van der Waals surface area contributed by atoms with Crippen molar-refractivity contribution in [2.75, 3.05) is 6.54 Å². The topological polar surface area (TPSA) is 84.2 Å². The van der Waals surface area contributed by atoms with E-state index in [9.17, 15) is 0 Å². The minimum atomic E-state index is -1.71. The van der Waals surface area contributed by atoms with Gasteiger partial charge in [0.25, 0.3) is 0 Å². The molecule has 0 aromatic heterocycles. The average Bonchev–Trinajstić information content (AvgIpc) is 1.86. The van der Waals surface area contributed by atoms with E-state index in [0.29, 0.717) is 0 Å². The quantitative estimate of drug-likeness (QED) is 0.250. The Kier molecular flexibility index (Phi) is 3.09. The van der Waals surface area contributed by atoms with Crippen molar-refractivity contribution in [2.45, 2.75) is 6.92 Å². The van der Waals surface area contributed by atoms with E-state index in [4.69, 9.17) is 20.8 Å². The van der Waals surface area contributed by atoms with Crippen molar-refractivity contribution >= 4 is 17.3 Å². The third-order valence-electron chi connectivity index (χ3n) is 0.918. The van der Waals surface area contributed by atoms with E-state index >= 15 is 0 Å². The molecule has 0 unspecified atom stereocenters. The second-order valence-electron chi connectivity index (χ2n) is 1.62. The number of hydrogen-bond donors (Lipinski definition) is 4. The second-order valence-corrected chi connectivity index (χ2v) is 1.98. The molecule has 0 saturated heterocycles. The third-order valence-corrected chi connectivity index (χ3v) is 1.37. The lowest BCUT2D eigenvalue weighted by Crippen LogP contribution is -2.52. The van der Waals surface area contributed by atoms with Gasteiger partial charge in [0, 0.05) is 17.0 Å². The van der Waals surface area contributed by atoms with Gasteiger partial charge in [0.15, 0.2) is 0 Å². The maximum absolute atomic E-state index is 8.75. The predicted octanol–water partition coefficient (Wildman–Crippen LogP) is -0.0332. The van der Waals surface area contributed by atoms with E-state index in [1.54, 1.807) is 0 Å². The molecule has 4 N–H and O–H groups in total. The molecule has 0 bridgehead atoms. The molecule has 0 rings (SSSR count). The molecule has 60 valence electrons. The van der Waals surface area contributed by atoms with Crippen molar-refractivity contribution in [1.82, 2.24) is 5.23 Å². The zero-order valence-electron chi connectivity index (χ0n) is 5.30. The van der Waals surface area contributed by atoms with E-state index in [1.807, 2.05) is 0 Å². The molecular weight excluding hydrogens is 160 g/mol. The Labute approximate surface area is 62.6 Å². The molecule has 6 nitrogen and oxygen atoms in total. The zero-order chi connectivity index (χ0) is 8.36. The van der Waals surface area contributed by atoms with E-state index in [-0.39, 0.29) is 6.54 Å². The van der Waals surface area contributed by atoms with Gasteiger partial charge in [-0.25, -0.2) is 0 Å². The van der Waals surface area contributed by atoms with Gasteiger partial charge in [0.1, 0.15) is 6.54 Å². The Hall–Kier alpha value is -0.310. The fourth-order valence-electron chi connectivity index (χ4n) is 0.279. The molecule has 0 fully saturated rings. The first-order valence-electron chi connectivity index (χ1n) is 2.47. The summed E-state index contributed by atoms with van der Waals surface area (Å²) in [5.74, 6) is 0. The van der Waals surface area contributed by atoms with Crippen LogP contribution in [0.25, 0.3) is 0 Å². The molecule has 0 saturated carbocycles. The Morgan fingerprint density at radius 1 is 1.50 bits per heavy atom. The summed E-state index contributed by atoms with van der Waals surface area (Å²) in [6.45, 7) is 1.24. The number of hydrogen-bond acceptors (Lipinski definition) is 5. The van der Waals surface area contributed by atoms with Gasteiger partial charge < -0.3 is 0 Å². The van der Waals surface area contributed by atoms with Crippen LogP contribution >= 0.6 is 12.2 Å². The van der Waals surface area contributed by atoms with Crippen LogP contribution in [0.1, 0.15) is 6.92 Å². The van der Waals surface area contributed by atoms with Crippen molar-refractivity contribution in [2.24, 2.45) is 0 Å². The molecule has 0 aromatic carbocycles. The maximum atomic E-state index is 8.75. The monoisotopic (exact) mass is 169 g/mol. The molecule has 0 aliphatic heterocycles. The average molecular weight is 169 g/mol. The van der Waals surface area contributed by atoms with Gasteiger partial charge in [-0.1, -0.05) is 5.23 Å². The Morgan fingerprint density at radius 2 is 1.90 bits per heavy atom. The van der Waals surface area contributed by atoms with E-state index < -0.39 is 15.1 Å². The summed E-state index contributed by atoms with van der Waals surface area (Å²) < 4.78 is 0. The number of nitrogens with zero attached hydrogens (tertiary/aromatic N) is 2. The van der Waals surface area contributed by atoms with E-state index in [0.717, 1.165) is 0 Å². The lowest BCUT2D eigenvalue weighted by Gasteiger charge is -2.19. The second kappa shape index (κ2) is 3.19. The smallest absolute Gasteiger partial charge is 0.259 e. The van der Waals surface area contributed by atoms with Crippen LogP contribution in [0, 0.1) is 0 Å². The molecule has 0 radical (unpaired) electrons. The van der Waals surface area contributed by atoms with Gasteiger partial charge in [-0.15, -0.1) is 0 Å². The summed E-state index contributed by atoms with van der Waals surface area (Å²) in [7, 11) is 0. The van der Waals surface area contributed by atoms with Crippen molar-refractivity contribution in [3.63, 3.8) is 0 Å². The largest absolute Gasteiger partial charge is 0.388 e. The van der Waals surface area contributed by atoms with Crippen LogP contribution in [0.4, 0.5) is 0 Å².